The molecule has 0 radical (unpaired) electrons. The molecule has 4 heteroatoms. The largest absolute Gasteiger partial charge is 0.388 e. The summed E-state index contributed by atoms with van der Waals surface area (Å²) in [4.78, 5) is 11.8. The number of nitrogens with one attached hydrogen (secondary N) is 1. The molecule has 2 rings (SSSR count). The molecule has 0 aliphatic heterocycles. The Morgan fingerprint density at radius 2 is 1.90 bits per heavy atom. The molecule has 2 aromatic carbocycles. The van der Waals surface area contributed by atoms with Crippen molar-refractivity contribution in [3.63, 3.8) is 0 Å². The van der Waals surface area contributed by atoms with Crippen LogP contribution in [0.4, 0.5) is 0 Å². The third-order valence-electron chi connectivity index (χ3n) is 3.18. The van der Waals surface area contributed by atoms with Crippen LogP contribution in [0.25, 0.3) is 0 Å². The summed E-state index contributed by atoms with van der Waals surface area (Å²) in [5.41, 5.74) is 1.84. The molecule has 0 aromatic heterocycles. The van der Waals surface area contributed by atoms with Gasteiger partial charge in [0.05, 0.1) is 12.5 Å². The molecule has 0 spiro atoms. The third kappa shape index (κ3) is 5.33. The lowest BCUT2D eigenvalue weighted by Crippen LogP contribution is -2.27. The fourth-order valence-corrected chi connectivity index (χ4v) is 2.53. The first-order valence-electron chi connectivity index (χ1n) is 6.89. The summed E-state index contributed by atoms with van der Waals surface area (Å²) < 4.78 is 0.965. The van der Waals surface area contributed by atoms with Crippen molar-refractivity contribution < 1.29 is 9.90 Å². The molecule has 1 atom stereocenters. The highest BCUT2D eigenvalue weighted by Crippen LogP contribution is 2.15. The number of amides is 1. The minimum absolute atomic E-state index is 0.0339. The van der Waals surface area contributed by atoms with Crippen LogP contribution in [-0.4, -0.2) is 17.6 Å². The Hall–Kier alpha value is -1.65. The number of hydrogen-bond acceptors (Lipinski definition) is 2. The first-order chi connectivity index (χ1) is 10.1. The van der Waals surface area contributed by atoms with Gasteiger partial charge in [0.2, 0.25) is 5.91 Å². The molecule has 2 aromatic rings. The molecule has 1 unspecified atom stereocenters. The van der Waals surface area contributed by atoms with Crippen molar-refractivity contribution in [2.45, 2.75) is 18.9 Å². The highest BCUT2D eigenvalue weighted by Gasteiger charge is 2.08. The lowest BCUT2D eigenvalue weighted by molar-refractivity contribution is -0.120. The van der Waals surface area contributed by atoms with Crippen molar-refractivity contribution >= 4 is 21.8 Å². The van der Waals surface area contributed by atoms with Crippen LogP contribution in [-0.2, 0) is 11.2 Å². The van der Waals surface area contributed by atoms with Crippen molar-refractivity contribution in [3.05, 3.63) is 70.2 Å². The van der Waals surface area contributed by atoms with Gasteiger partial charge in [-0.05, 0) is 29.7 Å². The summed E-state index contributed by atoms with van der Waals surface area (Å²) in [5, 5.41) is 12.8. The quantitative estimate of drug-likeness (QED) is 0.842. The summed E-state index contributed by atoms with van der Waals surface area (Å²) in [6.07, 6.45) is 0.312. The van der Waals surface area contributed by atoms with Crippen LogP contribution in [0, 0.1) is 0 Å². The maximum atomic E-state index is 11.8. The van der Waals surface area contributed by atoms with Gasteiger partial charge in [-0.25, -0.2) is 0 Å². The maximum Gasteiger partial charge on any atom is 0.224 e. The predicted molar refractivity (Wildman–Crippen MR) is 86.9 cm³/mol. The van der Waals surface area contributed by atoms with Gasteiger partial charge in [-0.15, -0.1) is 0 Å². The van der Waals surface area contributed by atoms with Crippen molar-refractivity contribution in [2.24, 2.45) is 0 Å². The summed E-state index contributed by atoms with van der Waals surface area (Å²) in [5.74, 6) is -0.0339. The summed E-state index contributed by atoms with van der Waals surface area (Å²) >= 11 is 3.38. The fourth-order valence-electron chi connectivity index (χ4n) is 2.08. The van der Waals surface area contributed by atoms with Gasteiger partial charge in [-0.1, -0.05) is 58.4 Å². The molecule has 0 saturated carbocycles. The first-order valence-corrected chi connectivity index (χ1v) is 7.68. The second-order valence-corrected chi connectivity index (χ2v) is 5.79. The molecule has 1 amide bonds. The van der Waals surface area contributed by atoms with Crippen molar-refractivity contribution in [3.8, 4) is 0 Å². The molecule has 21 heavy (non-hydrogen) atoms. The SMILES string of the molecule is O=C(Cc1cccc(Br)c1)NCCC(O)c1ccccc1. The summed E-state index contributed by atoms with van der Waals surface area (Å²) in [6.45, 7) is 0.461. The molecular formula is C17H18BrNO2. The Balaban J connectivity index is 1.74. The molecule has 110 valence electrons. The van der Waals surface area contributed by atoms with Crippen LogP contribution in [0.2, 0.25) is 0 Å². The highest BCUT2D eigenvalue weighted by atomic mass is 79.9. The van der Waals surface area contributed by atoms with E-state index in [1.54, 1.807) is 0 Å². The molecule has 0 aliphatic carbocycles. The topological polar surface area (TPSA) is 49.3 Å². The number of hydrogen-bond donors (Lipinski definition) is 2. The molecule has 0 aliphatic rings. The summed E-state index contributed by atoms with van der Waals surface area (Å²) in [6, 6.07) is 17.2. The predicted octanol–water partition coefficient (Wildman–Crippen LogP) is 3.23. The zero-order valence-corrected chi connectivity index (χ0v) is 13.2. The number of carbonyl (C=O) groups excluding carboxylic acids is 1. The van der Waals surface area contributed by atoms with Crippen LogP contribution in [0.15, 0.2) is 59.1 Å². The Morgan fingerprint density at radius 1 is 1.14 bits per heavy atom. The standard InChI is InChI=1S/C17H18BrNO2/c18-15-8-4-5-13(11-15)12-17(21)19-10-9-16(20)14-6-2-1-3-7-14/h1-8,11,16,20H,9-10,12H2,(H,19,21). The second kappa shape index (κ2) is 7.96. The van der Waals surface area contributed by atoms with E-state index in [0.717, 1.165) is 15.6 Å². The molecule has 0 heterocycles. The van der Waals surface area contributed by atoms with Crippen molar-refractivity contribution in [1.82, 2.24) is 5.32 Å². The molecule has 0 bridgehead atoms. The normalized spacial score (nSPS) is 11.9. The van der Waals surface area contributed by atoms with Crippen LogP contribution in [0.5, 0.6) is 0 Å². The number of halogens is 1. The van der Waals surface area contributed by atoms with Gasteiger partial charge in [-0.2, -0.15) is 0 Å². The van der Waals surface area contributed by atoms with E-state index in [-0.39, 0.29) is 5.91 Å². The number of rotatable bonds is 6. The smallest absolute Gasteiger partial charge is 0.224 e. The number of carbonyl (C=O) groups is 1. The Morgan fingerprint density at radius 3 is 2.62 bits per heavy atom. The van der Waals surface area contributed by atoms with E-state index in [9.17, 15) is 9.90 Å². The molecule has 0 fully saturated rings. The third-order valence-corrected chi connectivity index (χ3v) is 3.67. The Labute approximate surface area is 133 Å². The number of aliphatic hydroxyl groups is 1. The van der Waals surface area contributed by atoms with Crippen LogP contribution in [0.3, 0.4) is 0 Å². The van der Waals surface area contributed by atoms with Crippen LogP contribution in [0.1, 0.15) is 23.7 Å². The lowest BCUT2D eigenvalue weighted by atomic mass is 10.1. The van der Waals surface area contributed by atoms with E-state index in [0.29, 0.717) is 19.4 Å². The Kier molecular flexibility index (Phi) is 5.96. The molecule has 3 nitrogen and oxygen atoms in total. The Bertz CT molecular complexity index is 586. The molecule has 0 saturated heterocycles. The average molecular weight is 348 g/mol. The van der Waals surface area contributed by atoms with Gasteiger partial charge < -0.3 is 10.4 Å². The van der Waals surface area contributed by atoms with Gasteiger partial charge in [-0.3, -0.25) is 4.79 Å². The fraction of sp³-hybridized carbons (Fsp3) is 0.235. The van der Waals surface area contributed by atoms with Crippen LogP contribution >= 0.6 is 15.9 Å². The second-order valence-electron chi connectivity index (χ2n) is 4.87. The minimum Gasteiger partial charge on any atom is -0.388 e. The van der Waals surface area contributed by atoms with E-state index in [1.807, 2.05) is 54.6 Å². The number of aliphatic hydroxyl groups excluding tert-OH is 1. The average Bonchev–Trinajstić information content (AvgIpc) is 2.48. The lowest BCUT2D eigenvalue weighted by Gasteiger charge is -2.11. The van der Waals surface area contributed by atoms with E-state index in [1.165, 1.54) is 0 Å². The zero-order valence-electron chi connectivity index (χ0n) is 11.6. The minimum atomic E-state index is -0.544. The van der Waals surface area contributed by atoms with Crippen LogP contribution < -0.4 is 5.32 Å². The molecular weight excluding hydrogens is 330 g/mol. The van der Waals surface area contributed by atoms with Gasteiger partial charge in [0, 0.05) is 11.0 Å². The van der Waals surface area contributed by atoms with E-state index in [2.05, 4.69) is 21.2 Å². The summed E-state index contributed by atoms with van der Waals surface area (Å²) in [7, 11) is 0. The van der Waals surface area contributed by atoms with Crippen molar-refractivity contribution in [2.75, 3.05) is 6.54 Å². The zero-order chi connectivity index (χ0) is 15.1. The monoisotopic (exact) mass is 347 g/mol. The van der Waals surface area contributed by atoms with Gasteiger partial charge in [0.25, 0.3) is 0 Å². The van der Waals surface area contributed by atoms with E-state index >= 15 is 0 Å². The van der Waals surface area contributed by atoms with Gasteiger partial charge in [0.1, 0.15) is 0 Å². The molecule has 2 N–H and O–H groups in total. The van der Waals surface area contributed by atoms with Gasteiger partial charge in [0.15, 0.2) is 0 Å². The van der Waals surface area contributed by atoms with Crippen molar-refractivity contribution in [1.29, 1.82) is 0 Å². The van der Waals surface area contributed by atoms with E-state index < -0.39 is 6.10 Å². The number of benzene rings is 2. The van der Waals surface area contributed by atoms with Gasteiger partial charge >= 0.3 is 0 Å². The van der Waals surface area contributed by atoms with E-state index in [4.69, 9.17) is 0 Å². The maximum absolute atomic E-state index is 11.8. The first kappa shape index (κ1) is 15.7. The highest BCUT2D eigenvalue weighted by molar-refractivity contribution is 9.10.